The molecule has 0 unspecified atom stereocenters. The predicted octanol–water partition coefficient (Wildman–Crippen LogP) is 2.04. The van der Waals surface area contributed by atoms with Crippen molar-refractivity contribution in [1.29, 1.82) is 0 Å². The highest BCUT2D eigenvalue weighted by atomic mass is 16.7. The van der Waals surface area contributed by atoms with Gasteiger partial charge in [-0.05, 0) is 6.42 Å². The van der Waals surface area contributed by atoms with E-state index in [1.54, 1.807) is 0 Å². The number of carbonyl (C=O) groups excluding carboxylic acids is 1. The van der Waals surface area contributed by atoms with Gasteiger partial charge in [-0.2, -0.15) is 0 Å². The minimum absolute atomic E-state index is 0.413. The molecule has 0 spiro atoms. The first-order valence-electron chi connectivity index (χ1n) is 5.55. The van der Waals surface area contributed by atoms with Crippen molar-refractivity contribution in [2.24, 2.45) is 0 Å². The van der Waals surface area contributed by atoms with Gasteiger partial charge in [0.05, 0.1) is 27.7 Å². The summed E-state index contributed by atoms with van der Waals surface area (Å²) in [5.41, 5.74) is 0. The lowest BCUT2D eigenvalue weighted by molar-refractivity contribution is -0.870. The highest BCUT2D eigenvalue weighted by Gasteiger charge is 2.09. The zero-order valence-corrected chi connectivity index (χ0v) is 10.4. The van der Waals surface area contributed by atoms with E-state index in [0.29, 0.717) is 13.2 Å². The molecular weight excluding hydrogens is 194 g/mol. The first-order valence-corrected chi connectivity index (χ1v) is 5.55. The lowest BCUT2D eigenvalue weighted by Crippen LogP contribution is -2.38. The summed E-state index contributed by atoms with van der Waals surface area (Å²) in [5.74, 6) is 0. The van der Waals surface area contributed by atoms with E-state index in [0.717, 1.165) is 30.3 Å². The Bertz CT molecular complexity index is 175. The predicted molar refractivity (Wildman–Crippen MR) is 59.7 cm³/mol. The number of ether oxygens (including phenoxy) is 2. The van der Waals surface area contributed by atoms with Crippen LogP contribution < -0.4 is 0 Å². The Kier molecular flexibility index (Phi) is 7.13. The largest absolute Gasteiger partial charge is 0.508 e. The van der Waals surface area contributed by atoms with Crippen LogP contribution in [-0.2, 0) is 9.47 Å². The molecule has 0 aliphatic rings. The zero-order chi connectivity index (χ0) is 11.7. The van der Waals surface area contributed by atoms with Gasteiger partial charge in [0.1, 0.15) is 13.2 Å². The minimum Gasteiger partial charge on any atom is -0.434 e. The molecule has 0 saturated carbocycles. The molecule has 0 radical (unpaired) electrons. The molecule has 0 fully saturated rings. The molecule has 0 aromatic carbocycles. The fraction of sp³-hybridized carbons (Fsp3) is 0.909. The molecule has 4 heteroatoms. The second kappa shape index (κ2) is 7.51. The van der Waals surface area contributed by atoms with Crippen LogP contribution in [0.15, 0.2) is 0 Å². The van der Waals surface area contributed by atoms with Gasteiger partial charge in [-0.1, -0.05) is 19.8 Å². The molecule has 15 heavy (non-hydrogen) atoms. The van der Waals surface area contributed by atoms with Crippen molar-refractivity contribution in [1.82, 2.24) is 0 Å². The Hall–Kier alpha value is -0.770. The third kappa shape index (κ3) is 11.2. The summed E-state index contributed by atoms with van der Waals surface area (Å²) in [6.07, 6.45) is 2.59. The third-order valence-corrected chi connectivity index (χ3v) is 1.95. The normalized spacial score (nSPS) is 11.2. The van der Waals surface area contributed by atoms with Gasteiger partial charge in [0.2, 0.25) is 0 Å². The molecule has 0 bridgehead atoms. The summed E-state index contributed by atoms with van der Waals surface area (Å²) in [4.78, 5) is 11.0. The second-order valence-electron chi connectivity index (χ2n) is 4.67. The Morgan fingerprint density at radius 2 is 1.67 bits per heavy atom. The van der Waals surface area contributed by atoms with Gasteiger partial charge in [0.15, 0.2) is 0 Å². The highest BCUT2D eigenvalue weighted by molar-refractivity contribution is 5.59. The first-order chi connectivity index (χ1) is 6.95. The van der Waals surface area contributed by atoms with E-state index in [4.69, 9.17) is 9.47 Å². The molecule has 0 aliphatic heterocycles. The van der Waals surface area contributed by atoms with Crippen LogP contribution >= 0.6 is 0 Å². The molecule has 0 aromatic heterocycles. The van der Waals surface area contributed by atoms with E-state index in [-0.39, 0.29) is 0 Å². The van der Waals surface area contributed by atoms with Crippen molar-refractivity contribution in [3.63, 3.8) is 0 Å². The number of hydrogen-bond donors (Lipinski definition) is 0. The van der Waals surface area contributed by atoms with Gasteiger partial charge in [0.25, 0.3) is 0 Å². The molecule has 4 nitrogen and oxygen atoms in total. The van der Waals surface area contributed by atoms with Crippen LogP contribution in [0.5, 0.6) is 0 Å². The number of carbonyl (C=O) groups is 1. The summed E-state index contributed by atoms with van der Waals surface area (Å²) in [7, 11) is 6.15. The minimum atomic E-state index is -0.542. The topological polar surface area (TPSA) is 35.5 Å². The summed E-state index contributed by atoms with van der Waals surface area (Å²) in [6.45, 7) is 3.79. The molecule has 0 N–H and O–H groups in total. The molecular formula is C11H24NO3+. The first kappa shape index (κ1) is 14.2. The fourth-order valence-electron chi connectivity index (χ4n) is 0.952. The maximum atomic E-state index is 11.0. The monoisotopic (exact) mass is 218 g/mol. The molecule has 0 atom stereocenters. The van der Waals surface area contributed by atoms with E-state index in [2.05, 4.69) is 28.1 Å². The van der Waals surface area contributed by atoms with Crippen molar-refractivity contribution in [3.8, 4) is 0 Å². The van der Waals surface area contributed by atoms with Gasteiger partial charge in [-0.3, -0.25) is 0 Å². The molecule has 0 saturated heterocycles. The van der Waals surface area contributed by atoms with Crippen molar-refractivity contribution >= 4 is 6.16 Å². The Morgan fingerprint density at radius 1 is 1.07 bits per heavy atom. The van der Waals surface area contributed by atoms with E-state index >= 15 is 0 Å². The van der Waals surface area contributed by atoms with Crippen LogP contribution in [0.3, 0.4) is 0 Å². The Morgan fingerprint density at radius 3 is 2.20 bits per heavy atom. The van der Waals surface area contributed by atoms with Crippen LogP contribution in [0, 0.1) is 0 Å². The molecule has 0 aromatic rings. The maximum Gasteiger partial charge on any atom is 0.508 e. The average Bonchev–Trinajstić information content (AvgIpc) is 2.10. The summed E-state index contributed by atoms with van der Waals surface area (Å²) in [6, 6.07) is 0. The van der Waals surface area contributed by atoms with Crippen LogP contribution in [0.25, 0.3) is 0 Å². The van der Waals surface area contributed by atoms with E-state index < -0.39 is 6.16 Å². The van der Waals surface area contributed by atoms with Gasteiger partial charge >= 0.3 is 6.16 Å². The fourth-order valence-corrected chi connectivity index (χ4v) is 0.952. The number of likely N-dealkylation sites (N-methyl/N-ethyl adjacent to an activating group) is 1. The second-order valence-corrected chi connectivity index (χ2v) is 4.67. The van der Waals surface area contributed by atoms with Gasteiger partial charge in [-0.25, -0.2) is 4.79 Å². The molecule has 0 aliphatic carbocycles. The maximum absolute atomic E-state index is 11.0. The van der Waals surface area contributed by atoms with Crippen LogP contribution in [0.2, 0.25) is 0 Å². The summed E-state index contributed by atoms with van der Waals surface area (Å²) >= 11 is 0. The van der Waals surface area contributed by atoms with E-state index in [9.17, 15) is 4.79 Å². The van der Waals surface area contributed by atoms with Gasteiger partial charge < -0.3 is 14.0 Å². The van der Waals surface area contributed by atoms with Gasteiger partial charge in [0, 0.05) is 0 Å². The van der Waals surface area contributed by atoms with Crippen molar-refractivity contribution in [3.05, 3.63) is 0 Å². The Labute approximate surface area is 92.7 Å². The van der Waals surface area contributed by atoms with Crippen LogP contribution in [0.1, 0.15) is 26.2 Å². The summed E-state index contributed by atoms with van der Waals surface area (Å²) in [5, 5.41) is 0. The summed E-state index contributed by atoms with van der Waals surface area (Å²) < 4.78 is 10.6. The standard InChI is InChI=1S/C11H24NO3/c1-5-6-7-9-14-11(13)15-10-8-12(2,3)4/h5-10H2,1-4H3/q+1. The smallest absolute Gasteiger partial charge is 0.434 e. The van der Waals surface area contributed by atoms with Crippen molar-refractivity contribution in [2.75, 3.05) is 40.9 Å². The quantitative estimate of drug-likeness (QED) is 0.372. The molecule has 0 rings (SSSR count). The van der Waals surface area contributed by atoms with Gasteiger partial charge in [-0.15, -0.1) is 0 Å². The van der Waals surface area contributed by atoms with Crippen molar-refractivity contribution in [2.45, 2.75) is 26.2 Å². The third-order valence-electron chi connectivity index (χ3n) is 1.95. The number of hydrogen-bond acceptors (Lipinski definition) is 3. The number of rotatable bonds is 7. The molecule has 90 valence electrons. The van der Waals surface area contributed by atoms with Crippen LogP contribution in [0.4, 0.5) is 4.79 Å². The number of unbranched alkanes of at least 4 members (excludes halogenated alkanes) is 2. The SMILES string of the molecule is CCCCCOC(=O)OCC[N+](C)(C)C. The zero-order valence-electron chi connectivity index (χ0n) is 10.4. The van der Waals surface area contributed by atoms with Crippen molar-refractivity contribution < 1.29 is 18.8 Å². The lowest BCUT2D eigenvalue weighted by Gasteiger charge is -2.23. The average molecular weight is 218 g/mol. The highest BCUT2D eigenvalue weighted by Crippen LogP contribution is 1.96. The van der Waals surface area contributed by atoms with Crippen LogP contribution in [-0.4, -0.2) is 51.5 Å². The molecule has 0 amide bonds. The lowest BCUT2D eigenvalue weighted by atomic mass is 10.3. The number of quaternary nitrogens is 1. The van der Waals surface area contributed by atoms with E-state index in [1.807, 2.05) is 0 Å². The Balaban J connectivity index is 3.34. The van der Waals surface area contributed by atoms with E-state index in [1.165, 1.54) is 0 Å². The number of nitrogens with zero attached hydrogens (tertiary/aromatic N) is 1. The molecule has 0 heterocycles.